The molecule has 7 heteroatoms. The van der Waals surface area contributed by atoms with E-state index in [1.54, 1.807) is 11.3 Å². The second kappa shape index (κ2) is 11.0. The van der Waals surface area contributed by atoms with Gasteiger partial charge in [0.25, 0.3) is 0 Å². The van der Waals surface area contributed by atoms with Crippen LogP contribution in [-0.2, 0) is 23.8 Å². The summed E-state index contributed by atoms with van der Waals surface area (Å²) in [6.45, 7) is 10.0. The number of aliphatic imine (C=N–C) groups is 1. The van der Waals surface area contributed by atoms with E-state index in [4.69, 9.17) is 4.99 Å². The molecule has 1 aromatic rings. The van der Waals surface area contributed by atoms with Crippen LogP contribution >= 0.6 is 11.3 Å². The number of hydrogen-bond donors (Lipinski definition) is 2. The maximum Gasteiger partial charge on any atom is 0.191 e. The van der Waals surface area contributed by atoms with Crippen molar-refractivity contribution in [3.8, 4) is 0 Å². The first-order chi connectivity index (χ1) is 12.5. The van der Waals surface area contributed by atoms with Crippen LogP contribution in [-0.4, -0.2) is 38.7 Å². The van der Waals surface area contributed by atoms with Gasteiger partial charge in [0.05, 0.1) is 11.6 Å². The number of aromatic nitrogens is 1. The minimum absolute atomic E-state index is 0.328. The van der Waals surface area contributed by atoms with E-state index in [0.29, 0.717) is 23.8 Å². The number of guanidine groups is 1. The molecule has 1 saturated carbocycles. The van der Waals surface area contributed by atoms with Crippen molar-refractivity contribution in [1.29, 1.82) is 0 Å². The van der Waals surface area contributed by atoms with Crippen molar-refractivity contribution in [1.82, 2.24) is 15.6 Å². The Labute approximate surface area is 164 Å². The quantitative estimate of drug-likeness (QED) is 0.520. The Balaban J connectivity index is 1.93. The standard InChI is InChI=1S/C19H34N4OS2/c1-5-20-19(22-13-16-12-21-18(25-16)10-14(3)4)23-15-8-7-9-17(11-15)26(24)6-2/h12,14-15,17H,5-11,13H2,1-4H3,(H2,20,22,23). The monoisotopic (exact) mass is 398 g/mol. The molecule has 3 atom stereocenters. The summed E-state index contributed by atoms with van der Waals surface area (Å²) in [5.74, 6) is 2.25. The van der Waals surface area contributed by atoms with Crippen LogP contribution in [0.4, 0.5) is 0 Å². The zero-order valence-corrected chi connectivity index (χ0v) is 18.2. The first kappa shape index (κ1) is 21.4. The van der Waals surface area contributed by atoms with E-state index in [0.717, 1.165) is 50.4 Å². The number of nitrogens with zero attached hydrogens (tertiary/aromatic N) is 2. The van der Waals surface area contributed by atoms with Crippen molar-refractivity contribution in [2.75, 3.05) is 12.3 Å². The summed E-state index contributed by atoms with van der Waals surface area (Å²) in [6.07, 6.45) is 7.32. The van der Waals surface area contributed by atoms with Crippen molar-refractivity contribution in [2.45, 2.75) is 77.6 Å². The highest BCUT2D eigenvalue weighted by Gasteiger charge is 2.26. The van der Waals surface area contributed by atoms with Gasteiger partial charge >= 0.3 is 0 Å². The van der Waals surface area contributed by atoms with Crippen LogP contribution in [0, 0.1) is 5.92 Å². The fourth-order valence-electron chi connectivity index (χ4n) is 3.29. The van der Waals surface area contributed by atoms with Crippen LogP contribution in [0.5, 0.6) is 0 Å². The van der Waals surface area contributed by atoms with Crippen molar-refractivity contribution in [3.05, 3.63) is 16.1 Å². The third kappa shape index (κ3) is 6.99. The van der Waals surface area contributed by atoms with Gasteiger partial charge in [0.2, 0.25) is 0 Å². The second-order valence-electron chi connectivity index (χ2n) is 7.31. The number of hydrogen-bond acceptors (Lipinski definition) is 4. The summed E-state index contributed by atoms with van der Waals surface area (Å²) in [6, 6.07) is 0.361. The van der Waals surface area contributed by atoms with Gasteiger partial charge in [-0.05, 0) is 32.1 Å². The Bertz CT molecular complexity index is 600. The van der Waals surface area contributed by atoms with Gasteiger partial charge < -0.3 is 10.6 Å². The molecule has 0 aromatic carbocycles. The molecule has 5 nitrogen and oxygen atoms in total. The normalized spacial score (nSPS) is 22.4. The largest absolute Gasteiger partial charge is 0.357 e. The summed E-state index contributed by atoms with van der Waals surface area (Å²) < 4.78 is 12.1. The first-order valence-electron chi connectivity index (χ1n) is 9.87. The first-order valence-corrected chi connectivity index (χ1v) is 12.1. The van der Waals surface area contributed by atoms with E-state index >= 15 is 0 Å². The summed E-state index contributed by atoms with van der Waals surface area (Å²) >= 11 is 1.76. The average molecular weight is 399 g/mol. The second-order valence-corrected chi connectivity index (χ2v) is 10.5. The minimum Gasteiger partial charge on any atom is -0.357 e. The van der Waals surface area contributed by atoms with Crippen molar-refractivity contribution >= 4 is 28.1 Å². The van der Waals surface area contributed by atoms with Crippen molar-refractivity contribution in [3.63, 3.8) is 0 Å². The Morgan fingerprint density at radius 3 is 2.92 bits per heavy atom. The predicted molar refractivity (Wildman–Crippen MR) is 113 cm³/mol. The van der Waals surface area contributed by atoms with E-state index in [-0.39, 0.29) is 0 Å². The Hall–Kier alpha value is -0.950. The Morgan fingerprint density at radius 1 is 1.42 bits per heavy atom. The summed E-state index contributed by atoms with van der Waals surface area (Å²) in [7, 11) is -0.695. The van der Waals surface area contributed by atoms with Crippen LogP contribution in [0.25, 0.3) is 0 Å². The molecule has 0 saturated heterocycles. The topological polar surface area (TPSA) is 66.4 Å². The summed E-state index contributed by atoms with van der Waals surface area (Å²) in [4.78, 5) is 10.5. The van der Waals surface area contributed by atoms with Gasteiger partial charge in [-0.25, -0.2) is 9.98 Å². The van der Waals surface area contributed by atoms with Crippen LogP contribution < -0.4 is 10.6 Å². The molecule has 26 heavy (non-hydrogen) atoms. The lowest BCUT2D eigenvalue weighted by Gasteiger charge is -2.30. The smallest absolute Gasteiger partial charge is 0.191 e. The average Bonchev–Trinajstić information content (AvgIpc) is 3.06. The molecule has 2 rings (SSSR count). The fraction of sp³-hybridized carbons (Fsp3) is 0.789. The van der Waals surface area contributed by atoms with Crippen LogP contribution in [0.1, 0.15) is 63.3 Å². The third-order valence-corrected chi connectivity index (χ3v) is 7.29. The fourth-order valence-corrected chi connectivity index (χ4v) is 5.69. The molecule has 0 aliphatic heterocycles. The molecule has 0 amide bonds. The molecule has 1 heterocycles. The molecule has 2 N–H and O–H groups in total. The van der Waals surface area contributed by atoms with Gasteiger partial charge in [0.15, 0.2) is 5.96 Å². The lowest BCUT2D eigenvalue weighted by Crippen LogP contribution is -2.46. The lowest BCUT2D eigenvalue weighted by atomic mass is 9.95. The number of thiazole rings is 1. The van der Waals surface area contributed by atoms with Gasteiger partial charge in [-0.1, -0.05) is 27.2 Å². The SMILES string of the molecule is CCNC(=NCc1cnc(CC(C)C)s1)NC1CCCC(S(=O)CC)C1. The van der Waals surface area contributed by atoms with Crippen molar-refractivity contribution < 1.29 is 4.21 Å². The summed E-state index contributed by atoms with van der Waals surface area (Å²) in [5, 5.41) is 8.43. The zero-order chi connectivity index (χ0) is 18.9. The van der Waals surface area contributed by atoms with E-state index in [9.17, 15) is 4.21 Å². The molecule has 1 aliphatic rings. The Morgan fingerprint density at radius 2 is 2.23 bits per heavy atom. The molecule has 3 unspecified atom stereocenters. The number of nitrogens with one attached hydrogen (secondary N) is 2. The van der Waals surface area contributed by atoms with Gasteiger partial charge in [-0.3, -0.25) is 4.21 Å². The zero-order valence-electron chi connectivity index (χ0n) is 16.6. The van der Waals surface area contributed by atoms with Crippen LogP contribution in [0.3, 0.4) is 0 Å². The van der Waals surface area contributed by atoms with E-state index in [1.165, 1.54) is 9.88 Å². The van der Waals surface area contributed by atoms with E-state index in [1.807, 2.05) is 13.1 Å². The number of rotatable bonds is 8. The van der Waals surface area contributed by atoms with E-state index < -0.39 is 10.8 Å². The molecule has 0 bridgehead atoms. The predicted octanol–water partition coefficient (Wildman–Crippen LogP) is 3.48. The summed E-state index contributed by atoms with van der Waals surface area (Å²) in [5.41, 5.74) is 0. The maximum atomic E-state index is 12.1. The van der Waals surface area contributed by atoms with E-state index in [2.05, 4.69) is 36.4 Å². The lowest BCUT2D eigenvalue weighted by molar-refractivity contribution is 0.413. The highest BCUT2D eigenvalue weighted by molar-refractivity contribution is 7.85. The molecule has 1 aromatic heterocycles. The van der Waals surface area contributed by atoms with Gasteiger partial charge in [0.1, 0.15) is 0 Å². The highest BCUT2D eigenvalue weighted by atomic mass is 32.2. The third-order valence-electron chi connectivity index (χ3n) is 4.54. The highest BCUT2D eigenvalue weighted by Crippen LogP contribution is 2.23. The van der Waals surface area contributed by atoms with Crippen LogP contribution in [0.15, 0.2) is 11.2 Å². The maximum absolute atomic E-state index is 12.1. The molecule has 0 spiro atoms. The molecular formula is C19H34N4OS2. The Kier molecular flexibility index (Phi) is 9.05. The van der Waals surface area contributed by atoms with Gasteiger partial charge in [-0.2, -0.15) is 0 Å². The minimum atomic E-state index is -0.695. The molecule has 1 aliphatic carbocycles. The molecule has 1 fully saturated rings. The van der Waals surface area contributed by atoms with Crippen molar-refractivity contribution in [2.24, 2.45) is 10.9 Å². The van der Waals surface area contributed by atoms with Gasteiger partial charge in [0, 0.05) is 51.9 Å². The molecule has 148 valence electrons. The molecule has 0 radical (unpaired) electrons. The molecular weight excluding hydrogens is 364 g/mol. The van der Waals surface area contributed by atoms with Gasteiger partial charge in [-0.15, -0.1) is 11.3 Å². The van der Waals surface area contributed by atoms with Crippen LogP contribution in [0.2, 0.25) is 0 Å².